The average Bonchev–Trinajstić information content (AvgIpc) is 2.52. The molecule has 2 rings (SSSR count). The Balaban J connectivity index is 1.94. The third-order valence-electron chi connectivity index (χ3n) is 3.59. The summed E-state index contributed by atoms with van der Waals surface area (Å²) in [5.74, 6) is 0. The Morgan fingerprint density at radius 1 is 1.35 bits per heavy atom. The molecule has 0 bridgehead atoms. The fourth-order valence-corrected chi connectivity index (χ4v) is 2.84. The number of likely N-dealkylation sites (tertiary alicyclic amines) is 1. The number of hydrogen-bond donors (Lipinski definition) is 0. The van der Waals surface area contributed by atoms with Gasteiger partial charge in [-0.2, -0.15) is 0 Å². The molecule has 1 atom stereocenters. The standard InChI is InChI=1S/C16H20BrNO2/c1-13(11-17)15-9-5-6-10-18(15)16(19)20-12-14-7-3-2-4-8-14/h2-4,7-8,15H,1,5-6,9-12H2. The second kappa shape index (κ2) is 7.48. The van der Waals surface area contributed by atoms with Gasteiger partial charge in [0.1, 0.15) is 6.61 Å². The highest BCUT2D eigenvalue weighted by atomic mass is 79.9. The van der Waals surface area contributed by atoms with Crippen LogP contribution in [0.1, 0.15) is 24.8 Å². The summed E-state index contributed by atoms with van der Waals surface area (Å²) in [6.45, 7) is 5.13. The van der Waals surface area contributed by atoms with Crippen LogP contribution < -0.4 is 0 Å². The number of piperidine rings is 1. The van der Waals surface area contributed by atoms with E-state index in [1.807, 2.05) is 35.2 Å². The zero-order valence-electron chi connectivity index (χ0n) is 11.6. The topological polar surface area (TPSA) is 29.5 Å². The molecule has 1 aliphatic heterocycles. The van der Waals surface area contributed by atoms with Gasteiger partial charge in [0.15, 0.2) is 0 Å². The molecule has 1 heterocycles. The van der Waals surface area contributed by atoms with Crippen molar-refractivity contribution in [2.45, 2.75) is 31.9 Å². The Morgan fingerprint density at radius 2 is 2.10 bits per heavy atom. The van der Waals surface area contributed by atoms with E-state index in [4.69, 9.17) is 4.74 Å². The third-order valence-corrected chi connectivity index (χ3v) is 4.31. The van der Waals surface area contributed by atoms with Crippen LogP contribution in [0.4, 0.5) is 4.79 Å². The number of nitrogens with zero attached hydrogens (tertiary/aromatic N) is 1. The van der Waals surface area contributed by atoms with Crippen molar-refractivity contribution >= 4 is 22.0 Å². The van der Waals surface area contributed by atoms with Gasteiger partial charge in [0, 0.05) is 11.9 Å². The molecule has 1 amide bonds. The first kappa shape index (κ1) is 15.1. The zero-order chi connectivity index (χ0) is 14.4. The fourth-order valence-electron chi connectivity index (χ4n) is 2.47. The number of ether oxygens (including phenoxy) is 1. The summed E-state index contributed by atoms with van der Waals surface area (Å²) in [6.07, 6.45) is 2.91. The quantitative estimate of drug-likeness (QED) is 0.610. The van der Waals surface area contributed by atoms with Crippen molar-refractivity contribution in [3.8, 4) is 0 Å². The molecular weight excluding hydrogens is 318 g/mol. The summed E-state index contributed by atoms with van der Waals surface area (Å²) in [6, 6.07) is 9.85. The summed E-state index contributed by atoms with van der Waals surface area (Å²) in [5, 5.41) is 0.722. The molecule has 1 fully saturated rings. The van der Waals surface area contributed by atoms with E-state index in [1.165, 1.54) is 0 Å². The van der Waals surface area contributed by atoms with Gasteiger partial charge >= 0.3 is 6.09 Å². The molecule has 0 spiro atoms. The van der Waals surface area contributed by atoms with Gasteiger partial charge < -0.3 is 9.64 Å². The molecule has 1 aliphatic rings. The lowest BCUT2D eigenvalue weighted by molar-refractivity contribution is 0.0756. The Morgan fingerprint density at radius 3 is 2.80 bits per heavy atom. The van der Waals surface area contributed by atoms with E-state index in [2.05, 4.69) is 22.5 Å². The van der Waals surface area contributed by atoms with E-state index in [0.717, 1.165) is 42.3 Å². The molecule has 1 unspecified atom stereocenters. The number of hydrogen-bond acceptors (Lipinski definition) is 2. The second-order valence-corrected chi connectivity index (χ2v) is 5.60. The molecule has 4 heteroatoms. The Bertz CT molecular complexity index is 461. The van der Waals surface area contributed by atoms with Gasteiger partial charge in [-0.25, -0.2) is 4.79 Å². The first-order valence-electron chi connectivity index (χ1n) is 6.93. The monoisotopic (exact) mass is 337 g/mol. The minimum Gasteiger partial charge on any atom is -0.445 e. The number of alkyl halides is 1. The molecule has 0 N–H and O–H groups in total. The molecule has 1 aromatic carbocycles. The first-order valence-corrected chi connectivity index (χ1v) is 8.05. The molecule has 3 nitrogen and oxygen atoms in total. The summed E-state index contributed by atoms with van der Waals surface area (Å²) >= 11 is 3.42. The lowest BCUT2D eigenvalue weighted by Crippen LogP contribution is -2.45. The van der Waals surface area contributed by atoms with E-state index >= 15 is 0 Å². The molecule has 0 radical (unpaired) electrons. The molecule has 0 aliphatic carbocycles. The number of rotatable bonds is 4. The number of halogens is 1. The predicted octanol–water partition coefficient (Wildman–Crippen LogP) is 4.13. The van der Waals surface area contributed by atoms with Crippen molar-refractivity contribution < 1.29 is 9.53 Å². The summed E-state index contributed by atoms with van der Waals surface area (Å²) < 4.78 is 5.42. The molecule has 1 saturated heterocycles. The highest BCUT2D eigenvalue weighted by Gasteiger charge is 2.29. The van der Waals surface area contributed by atoms with Gasteiger partial charge in [0.05, 0.1) is 6.04 Å². The lowest BCUT2D eigenvalue weighted by atomic mass is 9.97. The molecule has 0 aromatic heterocycles. The number of amides is 1. The van der Waals surface area contributed by atoms with Crippen molar-refractivity contribution in [3.63, 3.8) is 0 Å². The van der Waals surface area contributed by atoms with Gasteiger partial charge in [0.2, 0.25) is 0 Å². The van der Waals surface area contributed by atoms with Crippen LogP contribution in [0, 0.1) is 0 Å². The van der Waals surface area contributed by atoms with E-state index < -0.39 is 0 Å². The van der Waals surface area contributed by atoms with Crippen LogP contribution in [0.25, 0.3) is 0 Å². The molecule has 108 valence electrons. The smallest absolute Gasteiger partial charge is 0.410 e. The minimum atomic E-state index is -0.236. The van der Waals surface area contributed by atoms with Crippen LogP contribution in [-0.2, 0) is 11.3 Å². The number of carbonyl (C=O) groups excluding carboxylic acids is 1. The number of benzene rings is 1. The van der Waals surface area contributed by atoms with Gasteiger partial charge in [0.25, 0.3) is 0 Å². The Hall–Kier alpha value is -1.29. The SMILES string of the molecule is C=C(CBr)C1CCCCN1C(=O)OCc1ccccc1. The van der Waals surface area contributed by atoms with Crippen molar-refractivity contribution in [2.24, 2.45) is 0 Å². The van der Waals surface area contributed by atoms with E-state index in [9.17, 15) is 4.79 Å². The lowest BCUT2D eigenvalue weighted by Gasteiger charge is -2.35. The molecule has 1 aromatic rings. The van der Waals surface area contributed by atoms with E-state index in [0.29, 0.717) is 6.61 Å². The Kier molecular flexibility index (Phi) is 5.65. The fraction of sp³-hybridized carbons (Fsp3) is 0.438. The van der Waals surface area contributed by atoms with Crippen LogP contribution in [0.2, 0.25) is 0 Å². The van der Waals surface area contributed by atoms with Gasteiger partial charge in [-0.15, -0.1) is 0 Å². The molecule has 20 heavy (non-hydrogen) atoms. The van der Waals surface area contributed by atoms with Crippen molar-refractivity contribution in [1.29, 1.82) is 0 Å². The summed E-state index contributed by atoms with van der Waals surface area (Å²) in [5.41, 5.74) is 2.05. The third kappa shape index (κ3) is 3.85. The molecule has 0 saturated carbocycles. The van der Waals surface area contributed by atoms with Crippen LogP contribution in [0.3, 0.4) is 0 Å². The highest BCUT2D eigenvalue weighted by molar-refractivity contribution is 9.09. The number of carbonyl (C=O) groups is 1. The highest BCUT2D eigenvalue weighted by Crippen LogP contribution is 2.24. The maximum absolute atomic E-state index is 12.2. The minimum absolute atomic E-state index is 0.103. The Labute approximate surface area is 128 Å². The summed E-state index contributed by atoms with van der Waals surface area (Å²) in [7, 11) is 0. The van der Waals surface area contributed by atoms with Crippen molar-refractivity contribution in [2.75, 3.05) is 11.9 Å². The predicted molar refractivity (Wildman–Crippen MR) is 83.9 cm³/mol. The van der Waals surface area contributed by atoms with Crippen LogP contribution >= 0.6 is 15.9 Å². The van der Waals surface area contributed by atoms with Gasteiger partial charge in [-0.3, -0.25) is 0 Å². The van der Waals surface area contributed by atoms with Gasteiger partial charge in [-0.1, -0.05) is 52.8 Å². The van der Waals surface area contributed by atoms with E-state index in [-0.39, 0.29) is 12.1 Å². The average molecular weight is 338 g/mol. The zero-order valence-corrected chi connectivity index (χ0v) is 13.1. The maximum atomic E-state index is 12.2. The van der Waals surface area contributed by atoms with Crippen LogP contribution in [0.15, 0.2) is 42.5 Å². The first-order chi connectivity index (χ1) is 9.72. The maximum Gasteiger partial charge on any atom is 0.410 e. The van der Waals surface area contributed by atoms with E-state index in [1.54, 1.807) is 0 Å². The van der Waals surface area contributed by atoms with Crippen LogP contribution in [-0.4, -0.2) is 28.9 Å². The molecular formula is C16H20BrNO2. The van der Waals surface area contributed by atoms with Crippen molar-refractivity contribution in [1.82, 2.24) is 4.90 Å². The largest absolute Gasteiger partial charge is 0.445 e. The normalized spacial score (nSPS) is 18.6. The van der Waals surface area contributed by atoms with Gasteiger partial charge in [-0.05, 0) is 30.4 Å². The second-order valence-electron chi connectivity index (χ2n) is 5.04. The van der Waals surface area contributed by atoms with Crippen molar-refractivity contribution in [3.05, 3.63) is 48.0 Å². The summed E-state index contributed by atoms with van der Waals surface area (Å²) in [4.78, 5) is 14.1. The van der Waals surface area contributed by atoms with Crippen LogP contribution in [0.5, 0.6) is 0 Å².